The van der Waals surface area contributed by atoms with Crippen molar-refractivity contribution in [3.05, 3.63) is 35.9 Å². The van der Waals surface area contributed by atoms with Gasteiger partial charge in [0.05, 0.1) is 12.1 Å². The predicted molar refractivity (Wildman–Crippen MR) is 81.8 cm³/mol. The average molecular weight is 313 g/mol. The van der Waals surface area contributed by atoms with E-state index in [0.29, 0.717) is 32.6 Å². The molecule has 2 atom stereocenters. The van der Waals surface area contributed by atoms with Crippen molar-refractivity contribution in [3.63, 3.8) is 0 Å². The van der Waals surface area contributed by atoms with Gasteiger partial charge in [-0.05, 0) is 12.0 Å². The zero-order chi connectivity index (χ0) is 15.2. The smallest absolute Gasteiger partial charge is 0.407 e. The second-order valence-electron chi connectivity index (χ2n) is 5.39. The van der Waals surface area contributed by atoms with Crippen LogP contribution in [0.4, 0.5) is 4.79 Å². The largest absolute Gasteiger partial charge is 0.465 e. The molecule has 0 spiro atoms. The molecular formula is C15H21ClN2O3. The number of amides is 1. The standard InChI is InChI=1S/C15H21ClN2O3/c16-9-14(19)11-17-6-7-18(15(20)21)13(10-17)8-12-4-2-1-3-5-12/h1-5,13-14,19H,6-11H2,(H,20,21)/t13-,14?/m1/s1. The number of carboxylic acid groups (broad SMARTS) is 1. The maximum atomic E-state index is 11.4. The number of alkyl halides is 1. The minimum atomic E-state index is -0.881. The SMILES string of the molecule is O=C(O)N1CCN(CC(O)CCl)C[C@H]1Cc1ccccc1. The number of rotatable bonds is 5. The van der Waals surface area contributed by atoms with E-state index in [9.17, 15) is 15.0 Å². The first-order valence-electron chi connectivity index (χ1n) is 7.10. The average Bonchev–Trinajstić information content (AvgIpc) is 2.48. The monoisotopic (exact) mass is 312 g/mol. The van der Waals surface area contributed by atoms with Crippen LogP contribution in [0, 0.1) is 0 Å². The number of nitrogens with zero attached hydrogens (tertiary/aromatic N) is 2. The van der Waals surface area contributed by atoms with Crippen LogP contribution in [0.25, 0.3) is 0 Å². The molecule has 0 aromatic heterocycles. The summed E-state index contributed by atoms with van der Waals surface area (Å²) in [5.74, 6) is 0.197. The van der Waals surface area contributed by atoms with Gasteiger partial charge in [-0.15, -0.1) is 11.6 Å². The molecule has 1 heterocycles. The third-order valence-electron chi connectivity index (χ3n) is 3.77. The van der Waals surface area contributed by atoms with E-state index in [1.165, 1.54) is 4.90 Å². The summed E-state index contributed by atoms with van der Waals surface area (Å²) in [5, 5.41) is 19.0. The number of benzene rings is 1. The summed E-state index contributed by atoms with van der Waals surface area (Å²) in [5.41, 5.74) is 1.12. The van der Waals surface area contributed by atoms with Crippen LogP contribution in [0.15, 0.2) is 30.3 Å². The summed E-state index contributed by atoms with van der Waals surface area (Å²) in [6.45, 7) is 2.20. The van der Waals surface area contributed by atoms with E-state index >= 15 is 0 Å². The van der Waals surface area contributed by atoms with Crippen molar-refractivity contribution in [2.24, 2.45) is 0 Å². The number of β-amino-alcohol motifs (C(OH)–C–C–N with tert-alkyl or cyclic N) is 1. The third kappa shape index (κ3) is 4.59. The van der Waals surface area contributed by atoms with Gasteiger partial charge in [-0.1, -0.05) is 30.3 Å². The fraction of sp³-hybridized carbons (Fsp3) is 0.533. The van der Waals surface area contributed by atoms with E-state index in [1.807, 2.05) is 30.3 Å². The van der Waals surface area contributed by atoms with Crippen molar-refractivity contribution >= 4 is 17.7 Å². The Morgan fingerprint density at radius 3 is 2.67 bits per heavy atom. The van der Waals surface area contributed by atoms with Crippen LogP contribution in [-0.4, -0.2) is 70.3 Å². The summed E-state index contributed by atoms with van der Waals surface area (Å²) in [7, 11) is 0. The molecule has 1 aromatic rings. The van der Waals surface area contributed by atoms with Crippen LogP contribution in [0.3, 0.4) is 0 Å². The molecule has 1 aliphatic heterocycles. The number of halogens is 1. The lowest BCUT2D eigenvalue weighted by Crippen LogP contribution is -2.56. The Labute approximate surface area is 129 Å². The molecule has 116 valence electrons. The van der Waals surface area contributed by atoms with Gasteiger partial charge in [0.15, 0.2) is 0 Å². The number of aliphatic hydroxyl groups excluding tert-OH is 1. The summed E-state index contributed by atoms with van der Waals surface area (Å²) < 4.78 is 0. The molecule has 2 N–H and O–H groups in total. The van der Waals surface area contributed by atoms with Crippen molar-refractivity contribution in [2.45, 2.75) is 18.6 Å². The lowest BCUT2D eigenvalue weighted by Gasteiger charge is -2.40. The molecule has 0 aliphatic carbocycles. The van der Waals surface area contributed by atoms with Crippen molar-refractivity contribution < 1.29 is 15.0 Å². The Hall–Kier alpha value is -1.30. The van der Waals surface area contributed by atoms with Gasteiger partial charge >= 0.3 is 6.09 Å². The highest BCUT2D eigenvalue weighted by molar-refractivity contribution is 6.18. The van der Waals surface area contributed by atoms with E-state index in [-0.39, 0.29) is 11.9 Å². The minimum absolute atomic E-state index is 0.0961. The predicted octanol–water partition coefficient (Wildman–Crippen LogP) is 1.49. The number of hydrogen-bond donors (Lipinski definition) is 2. The van der Waals surface area contributed by atoms with Crippen molar-refractivity contribution in [1.29, 1.82) is 0 Å². The molecule has 1 aliphatic rings. The zero-order valence-electron chi connectivity index (χ0n) is 11.9. The Morgan fingerprint density at radius 1 is 1.33 bits per heavy atom. The van der Waals surface area contributed by atoms with Gasteiger partial charge in [-0.25, -0.2) is 4.79 Å². The highest BCUT2D eigenvalue weighted by Crippen LogP contribution is 2.16. The summed E-state index contributed by atoms with van der Waals surface area (Å²) in [6, 6.07) is 9.78. The normalized spacial score (nSPS) is 21.2. The Morgan fingerprint density at radius 2 is 2.05 bits per heavy atom. The van der Waals surface area contributed by atoms with Crippen molar-refractivity contribution in [2.75, 3.05) is 32.1 Å². The summed E-state index contributed by atoms with van der Waals surface area (Å²) >= 11 is 5.64. The molecule has 0 saturated carbocycles. The highest BCUT2D eigenvalue weighted by atomic mass is 35.5. The van der Waals surface area contributed by atoms with E-state index in [0.717, 1.165) is 5.56 Å². The van der Waals surface area contributed by atoms with Crippen LogP contribution in [-0.2, 0) is 6.42 Å². The zero-order valence-corrected chi connectivity index (χ0v) is 12.6. The molecule has 1 amide bonds. The Kier molecular flexibility index (Phi) is 5.85. The molecule has 0 bridgehead atoms. The van der Waals surface area contributed by atoms with E-state index in [2.05, 4.69) is 4.90 Å². The quantitative estimate of drug-likeness (QED) is 0.809. The van der Waals surface area contributed by atoms with Gasteiger partial charge in [0.25, 0.3) is 0 Å². The van der Waals surface area contributed by atoms with Crippen LogP contribution in [0.5, 0.6) is 0 Å². The molecule has 1 saturated heterocycles. The fourth-order valence-corrected chi connectivity index (χ4v) is 2.84. The van der Waals surface area contributed by atoms with Gasteiger partial charge in [-0.3, -0.25) is 4.90 Å². The molecule has 21 heavy (non-hydrogen) atoms. The second-order valence-corrected chi connectivity index (χ2v) is 5.70. The summed E-state index contributed by atoms with van der Waals surface area (Å²) in [4.78, 5) is 15.0. The molecule has 1 aromatic carbocycles. The molecule has 1 unspecified atom stereocenters. The van der Waals surface area contributed by atoms with Gasteiger partial charge in [0, 0.05) is 32.1 Å². The van der Waals surface area contributed by atoms with E-state index in [1.54, 1.807) is 0 Å². The van der Waals surface area contributed by atoms with Crippen LogP contribution in [0.1, 0.15) is 5.56 Å². The molecule has 0 radical (unpaired) electrons. The van der Waals surface area contributed by atoms with Crippen LogP contribution in [0.2, 0.25) is 0 Å². The number of aliphatic hydroxyl groups is 1. The number of carbonyl (C=O) groups is 1. The Balaban J connectivity index is 2.03. The molecule has 6 heteroatoms. The topological polar surface area (TPSA) is 64.0 Å². The van der Waals surface area contributed by atoms with E-state index < -0.39 is 12.2 Å². The third-order valence-corrected chi connectivity index (χ3v) is 4.13. The van der Waals surface area contributed by atoms with Gasteiger partial charge < -0.3 is 15.1 Å². The maximum Gasteiger partial charge on any atom is 0.407 e. The van der Waals surface area contributed by atoms with Crippen molar-refractivity contribution in [3.8, 4) is 0 Å². The number of piperazine rings is 1. The first-order valence-corrected chi connectivity index (χ1v) is 7.63. The maximum absolute atomic E-state index is 11.4. The van der Waals surface area contributed by atoms with Gasteiger partial charge in [0.2, 0.25) is 0 Å². The Bertz CT molecular complexity index is 457. The second kappa shape index (κ2) is 7.64. The van der Waals surface area contributed by atoms with E-state index in [4.69, 9.17) is 11.6 Å². The lowest BCUT2D eigenvalue weighted by atomic mass is 10.0. The molecule has 5 nitrogen and oxygen atoms in total. The minimum Gasteiger partial charge on any atom is -0.465 e. The van der Waals surface area contributed by atoms with Crippen LogP contribution >= 0.6 is 11.6 Å². The van der Waals surface area contributed by atoms with Crippen molar-refractivity contribution in [1.82, 2.24) is 9.80 Å². The lowest BCUT2D eigenvalue weighted by molar-refractivity contribution is 0.0463. The van der Waals surface area contributed by atoms with Crippen LogP contribution < -0.4 is 0 Å². The molecule has 2 rings (SSSR count). The first kappa shape index (κ1) is 16.1. The highest BCUT2D eigenvalue weighted by Gasteiger charge is 2.30. The molecule has 1 fully saturated rings. The van der Waals surface area contributed by atoms with Gasteiger partial charge in [0.1, 0.15) is 0 Å². The summed E-state index contributed by atoms with van der Waals surface area (Å²) in [6.07, 6.45) is -0.769. The molecular weight excluding hydrogens is 292 g/mol. The fourth-order valence-electron chi connectivity index (χ4n) is 2.75. The number of hydrogen-bond acceptors (Lipinski definition) is 3. The first-order chi connectivity index (χ1) is 10.1. The van der Waals surface area contributed by atoms with Gasteiger partial charge in [-0.2, -0.15) is 0 Å².